The Bertz CT molecular complexity index is 717. The second-order valence-electron chi connectivity index (χ2n) is 5.84. The summed E-state index contributed by atoms with van der Waals surface area (Å²) in [6.45, 7) is 0.691. The maximum absolute atomic E-state index is 12.6. The molecule has 6 heteroatoms. The number of hydrogen-bond acceptors (Lipinski definition) is 4. The number of fused-ring (bicyclic) bond motifs is 1. The van der Waals surface area contributed by atoms with Crippen LogP contribution in [-0.2, 0) is 0 Å². The van der Waals surface area contributed by atoms with Crippen molar-refractivity contribution in [3.63, 3.8) is 0 Å². The summed E-state index contributed by atoms with van der Waals surface area (Å²) < 4.78 is 0.828. The van der Waals surface area contributed by atoms with E-state index in [4.69, 9.17) is 5.73 Å². The molecule has 0 spiro atoms. The van der Waals surface area contributed by atoms with Crippen LogP contribution < -0.4 is 26.8 Å². The van der Waals surface area contributed by atoms with Gasteiger partial charge in [-0.1, -0.05) is 34.8 Å². The third-order valence-corrected chi connectivity index (χ3v) is 5.02. The van der Waals surface area contributed by atoms with Crippen LogP contribution in [0.1, 0.15) is 36.0 Å². The normalized spacial score (nSPS) is 23.5. The molecule has 2 atom stereocenters. The monoisotopic (exact) mass is 365 g/mol. The van der Waals surface area contributed by atoms with Crippen LogP contribution in [0.25, 0.3) is 12.3 Å². The maximum Gasteiger partial charge on any atom is 0.253 e. The Kier molecular flexibility index (Phi) is 4.40. The van der Waals surface area contributed by atoms with Gasteiger partial charge in [0.15, 0.2) is 0 Å². The first kappa shape index (κ1) is 15.4. The molecule has 1 amide bonds. The van der Waals surface area contributed by atoms with Gasteiger partial charge in [0.05, 0.1) is 23.4 Å². The van der Waals surface area contributed by atoms with Crippen LogP contribution in [0.15, 0.2) is 10.5 Å². The van der Waals surface area contributed by atoms with Gasteiger partial charge in [-0.2, -0.15) is 0 Å². The van der Waals surface area contributed by atoms with Crippen molar-refractivity contribution in [2.45, 2.75) is 37.8 Å². The number of aliphatic hydroxyl groups is 1. The largest absolute Gasteiger partial charge is 0.398 e. The van der Waals surface area contributed by atoms with Gasteiger partial charge < -0.3 is 21.5 Å². The molecule has 0 saturated heterocycles. The van der Waals surface area contributed by atoms with Crippen LogP contribution in [-0.4, -0.2) is 29.7 Å². The third kappa shape index (κ3) is 2.85. The Morgan fingerprint density at radius 3 is 2.91 bits per heavy atom. The van der Waals surface area contributed by atoms with Gasteiger partial charge in [0.25, 0.3) is 5.91 Å². The SMILES string of the molecule is Nc1c(C(=O)N[C@H]2CCCC[C@@H]2O)cc(Br)c2c1=CCNC=2. The number of carbonyl (C=O) groups excluding carboxylic acids is 1. The van der Waals surface area contributed by atoms with Crippen molar-refractivity contribution in [1.29, 1.82) is 0 Å². The number of rotatable bonds is 2. The summed E-state index contributed by atoms with van der Waals surface area (Å²) >= 11 is 3.50. The molecule has 3 rings (SSSR count). The molecule has 1 saturated carbocycles. The van der Waals surface area contributed by atoms with Gasteiger partial charge >= 0.3 is 0 Å². The molecule has 1 aliphatic heterocycles. The zero-order valence-electron chi connectivity index (χ0n) is 12.2. The number of carbonyl (C=O) groups is 1. The standard InChI is InChI=1S/C16H20BrN3O2/c17-12-7-10(15(18)9-5-6-19-8-11(9)12)16(22)20-13-3-1-2-4-14(13)21/h5,7-8,13-14,19,21H,1-4,6,18H2,(H,20,22)/t13-,14-/m0/s1. The van der Waals surface area contributed by atoms with Gasteiger partial charge in [0, 0.05) is 27.7 Å². The average molecular weight is 366 g/mol. The Balaban J connectivity index is 1.92. The minimum absolute atomic E-state index is 0.187. The first-order chi connectivity index (χ1) is 10.6. The molecule has 1 aromatic carbocycles. The van der Waals surface area contributed by atoms with E-state index in [9.17, 15) is 9.90 Å². The van der Waals surface area contributed by atoms with E-state index < -0.39 is 6.10 Å². The molecule has 1 fully saturated rings. The molecule has 1 heterocycles. The molecule has 2 aliphatic rings. The van der Waals surface area contributed by atoms with Crippen LogP contribution in [0.4, 0.5) is 5.69 Å². The zero-order chi connectivity index (χ0) is 15.7. The molecule has 22 heavy (non-hydrogen) atoms. The van der Waals surface area contributed by atoms with E-state index in [1.54, 1.807) is 6.07 Å². The molecule has 0 radical (unpaired) electrons. The van der Waals surface area contributed by atoms with E-state index in [1.165, 1.54) is 0 Å². The molecule has 0 bridgehead atoms. The highest BCUT2D eigenvalue weighted by Crippen LogP contribution is 2.19. The molecule has 118 valence electrons. The number of halogens is 1. The first-order valence-corrected chi connectivity index (χ1v) is 8.38. The Hall–Kier alpha value is -1.53. The summed E-state index contributed by atoms with van der Waals surface area (Å²) in [5.41, 5.74) is 7.13. The van der Waals surface area contributed by atoms with E-state index in [-0.39, 0.29) is 11.9 Å². The van der Waals surface area contributed by atoms with Gasteiger partial charge in [0.2, 0.25) is 0 Å². The predicted octanol–water partition coefficient (Wildman–Crippen LogP) is 0.186. The van der Waals surface area contributed by atoms with Crippen LogP contribution in [0.3, 0.4) is 0 Å². The van der Waals surface area contributed by atoms with E-state index in [1.807, 2.05) is 12.3 Å². The molecular weight excluding hydrogens is 346 g/mol. The molecular formula is C16H20BrN3O2. The van der Waals surface area contributed by atoms with E-state index in [0.717, 1.165) is 40.6 Å². The lowest BCUT2D eigenvalue weighted by Crippen LogP contribution is -2.46. The summed E-state index contributed by atoms with van der Waals surface area (Å²) in [7, 11) is 0. The van der Waals surface area contributed by atoms with E-state index >= 15 is 0 Å². The van der Waals surface area contributed by atoms with Gasteiger partial charge in [-0.05, 0) is 18.9 Å². The Morgan fingerprint density at radius 1 is 1.36 bits per heavy atom. The lowest BCUT2D eigenvalue weighted by molar-refractivity contribution is 0.0718. The molecule has 5 N–H and O–H groups in total. The Labute approximate surface area is 137 Å². The van der Waals surface area contributed by atoms with Crippen molar-refractivity contribution in [3.05, 3.63) is 26.5 Å². The van der Waals surface area contributed by atoms with E-state index in [2.05, 4.69) is 26.6 Å². The van der Waals surface area contributed by atoms with Crippen molar-refractivity contribution in [2.75, 3.05) is 12.3 Å². The number of nitrogens with two attached hydrogens (primary N) is 1. The second-order valence-corrected chi connectivity index (χ2v) is 6.69. The summed E-state index contributed by atoms with van der Waals surface area (Å²) in [6, 6.07) is 1.56. The smallest absolute Gasteiger partial charge is 0.253 e. The lowest BCUT2D eigenvalue weighted by atomic mass is 9.92. The molecule has 1 aromatic rings. The van der Waals surface area contributed by atoms with Crippen molar-refractivity contribution >= 4 is 39.8 Å². The lowest BCUT2D eigenvalue weighted by Gasteiger charge is -2.28. The molecule has 0 unspecified atom stereocenters. The summed E-state index contributed by atoms with van der Waals surface area (Å²) in [5, 5.41) is 17.9. The second kappa shape index (κ2) is 6.30. The quantitative estimate of drug-likeness (QED) is 0.563. The van der Waals surface area contributed by atoms with Crippen LogP contribution in [0.5, 0.6) is 0 Å². The highest BCUT2D eigenvalue weighted by atomic mass is 79.9. The van der Waals surface area contributed by atoms with Crippen molar-refractivity contribution < 1.29 is 9.90 Å². The van der Waals surface area contributed by atoms with Gasteiger partial charge in [0.1, 0.15) is 0 Å². The molecule has 0 aromatic heterocycles. The molecule has 1 aliphatic carbocycles. The highest BCUT2D eigenvalue weighted by Gasteiger charge is 2.25. The number of hydrogen-bond donors (Lipinski definition) is 4. The summed E-state index contributed by atoms with van der Waals surface area (Å²) in [4.78, 5) is 12.6. The summed E-state index contributed by atoms with van der Waals surface area (Å²) in [5.74, 6) is -0.223. The minimum atomic E-state index is -0.468. The van der Waals surface area contributed by atoms with Gasteiger partial charge in [-0.15, -0.1) is 0 Å². The van der Waals surface area contributed by atoms with Crippen molar-refractivity contribution in [1.82, 2.24) is 10.6 Å². The number of amides is 1. The maximum atomic E-state index is 12.6. The highest BCUT2D eigenvalue weighted by molar-refractivity contribution is 9.10. The van der Waals surface area contributed by atoms with Gasteiger partial charge in [-0.3, -0.25) is 4.79 Å². The summed E-state index contributed by atoms with van der Waals surface area (Å²) in [6.07, 6.45) is 6.98. The number of anilines is 1. The van der Waals surface area contributed by atoms with E-state index in [0.29, 0.717) is 17.8 Å². The fourth-order valence-corrected chi connectivity index (χ4v) is 3.66. The Morgan fingerprint density at radius 2 is 2.14 bits per heavy atom. The fraction of sp³-hybridized carbons (Fsp3) is 0.438. The minimum Gasteiger partial charge on any atom is -0.398 e. The zero-order valence-corrected chi connectivity index (χ0v) is 13.8. The van der Waals surface area contributed by atoms with Crippen LogP contribution >= 0.6 is 15.9 Å². The van der Waals surface area contributed by atoms with Crippen LogP contribution in [0, 0.1) is 0 Å². The van der Waals surface area contributed by atoms with Gasteiger partial charge in [-0.25, -0.2) is 0 Å². The van der Waals surface area contributed by atoms with Crippen molar-refractivity contribution in [2.24, 2.45) is 0 Å². The fourth-order valence-electron chi connectivity index (χ4n) is 3.10. The first-order valence-electron chi connectivity index (χ1n) is 7.58. The predicted molar refractivity (Wildman–Crippen MR) is 90.5 cm³/mol. The van der Waals surface area contributed by atoms with Crippen molar-refractivity contribution in [3.8, 4) is 0 Å². The number of aliphatic hydroxyl groups excluding tert-OH is 1. The topological polar surface area (TPSA) is 87.4 Å². The molecule has 5 nitrogen and oxygen atoms in total. The van der Waals surface area contributed by atoms with Crippen LogP contribution in [0.2, 0.25) is 0 Å². The number of nitrogens with one attached hydrogen (secondary N) is 2. The number of nitrogen functional groups attached to an aromatic ring is 1. The number of benzene rings is 1. The average Bonchev–Trinajstić information content (AvgIpc) is 2.53. The third-order valence-electron chi connectivity index (χ3n) is 4.36.